The molecule has 0 spiro atoms. The number of rotatable bonds is 5. The molecular formula is C20H18FN3O. The molecule has 0 aliphatic heterocycles. The van der Waals surface area contributed by atoms with Crippen molar-refractivity contribution in [3.63, 3.8) is 0 Å². The summed E-state index contributed by atoms with van der Waals surface area (Å²) in [5, 5.41) is 5.84. The van der Waals surface area contributed by atoms with E-state index >= 15 is 0 Å². The van der Waals surface area contributed by atoms with Gasteiger partial charge in [-0.3, -0.25) is 9.78 Å². The number of amides is 1. The normalized spacial score (nSPS) is 10.3. The van der Waals surface area contributed by atoms with Crippen LogP contribution in [0.5, 0.6) is 0 Å². The summed E-state index contributed by atoms with van der Waals surface area (Å²) in [6, 6.07) is 17.3. The molecular weight excluding hydrogens is 317 g/mol. The Hall–Kier alpha value is -3.21. The second kappa shape index (κ2) is 7.57. The molecule has 1 aromatic heterocycles. The van der Waals surface area contributed by atoms with Crippen LogP contribution in [0.25, 0.3) is 0 Å². The van der Waals surface area contributed by atoms with E-state index in [1.165, 1.54) is 12.3 Å². The number of carbonyl (C=O) groups is 1. The molecule has 1 heterocycles. The maximum atomic E-state index is 13.7. The van der Waals surface area contributed by atoms with Crippen molar-refractivity contribution in [1.82, 2.24) is 4.98 Å². The second-order valence-electron chi connectivity index (χ2n) is 5.50. The monoisotopic (exact) mass is 335 g/mol. The lowest BCUT2D eigenvalue weighted by atomic mass is 10.1. The highest BCUT2D eigenvalue weighted by atomic mass is 19.1. The Kier molecular flexibility index (Phi) is 5.04. The summed E-state index contributed by atoms with van der Waals surface area (Å²) in [4.78, 5) is 16.6. The summed E-state index contributed by atoms with van der Waals surface area (Å²) in [5.41, 5.74) is 3.01. The third kappa shape index (κ3) is 4.01. The Morgan fingerprint density at radius 1 is 1.04 bits per heavy atom. The van der Waals surface area contributed by atoms with Gasteiger partial charge in [0, 0.05) is 17.6 Å². The Labute approximate surface area is 145 Å². The molecule has 2 aromatic carbocycles. The topological polar surface area (TPSA) is 54.0 Å². The van der Waals surface area contributed by atoms with Crippen LogP contribution in [-0.2, 0) is 6.42 Å². The van der Waals surface area contributed by atoms with Gasteiger partial charge in [-0.25, -0.2) is 4.39 Å². The number of anilines is 3. The fourth-order valence-corrected chi connectivity index (χ4v) is 2.49. The summed E-state index contributed by atoms with van der Waals surface area (Å²) in [6.07, 6.45) is 2.34. The van der Waals surface area contributed by atoms with Crippen LogP contribution in [-0.4, -0.2) is 10.9 Å². The lowest BCUT2D eigenvalue weighted by molar-refractivity contribution is 0.102. The van der Waals surface area contributed by atoms with E-state index in [0.29, 0.717) is 11.4 Å². The predicted octanol–water partition coefficient (Wildman–Crippen LogP) is 4.78. The summed E-state index contributed by atoms with van der Waals surface area (Å²) in [5.74, 6) is -0.666. The van der Waals surface area contributed by atoms with E-state index in [1.54, 1.807) is 30.3 Å². The Morgan fingerprint density at radius 3 is 2.52 bits per heavy atom. The highest BCUT2D eigenvalue weighted by Gasteiger charge is 2.11. The molecule has 4 nitrogen and oxygen atoms in total. The minimum Gasteiger partial charge on any atom is -0.353 e. The standard InChI is InChI=1S/C20H18FN3O/c1-2-14-7-3-5-9-17(14)24-20(25)19-13-15(11-12-22-19)23-18-10-6-4-8-16(18)21/h3-13H,2H2,1H3,(H,22,23)(H,24,25). The van der Waals surface area contributed by atoms with Gasteiger partial charge in [-0.2, -0.15) is 0 Å². The fourth-order valence-electron chi connectivity index (χ4n) is 2.49. The second-order valence-corrected chi connectivity index (χ2v) is 5.50. The van der Waals surface area contributed by atoms with Crippen molar-refractivity contribution in [2.24, 2.45) is 0 Å². The first kappa shape index (κ1) is 16.6. The van der Waals surface area contributed by atoms with Crippen LogP contribution in [0.2, 0.25) is 0 Å². The number of benzene rings is 2. The first-order valence-corrected chi connectivity index (χ1v) is 8.04. The van der Waals surface area contributed by atoms with Crippen molar-refractivity contribution < 1.29 is 9.18 Å². The van der Waals surface area contributed by atoms with Gasteiger partial charge in [0.25, 0.3) is 5.91 Å². The van der Waals surface area contributed by atoms with Crippen molar-refractivity contribution in [2.45, 2.75) is 13.3 Å². The average Bonchev–Trinajstić information content (AvgIpc) is 2.64. The first-order valence-electron chi connectivity index (χ1n) is 8.04. The number of hydrogen-bond acceptors (Lipinski definition) is 3. The number of aryl methyl sites for hydroxylation is 1. The summed E-state index contributed by atoms with van der Waals surface area (Å²) in [6.45, 7) is 2.03. The van der Waals surface area contributed by atoms with E-state index in [1.807, 2.05) is 31.2 Å². The summed E-state index contributed by atoms with van der Waals surface area (Å²) in [7, 11) is 0. The molecule has 0 unspecified atom stereocenters. The number of carbonyl (C=O) groups excluding carboxylic acids is 1. The van der Waals surface area contributed by atoms with E-state index in [0.717, 1.165) is 17.7 Å². The quantitative estimate of drug-likeness (QED) is 0.705. The van der Waals surface area contributed by atoms with E-state index in [4.69, 9.17) is 0 Å². The van der Waals surface area contributed by atoms with Crippen molar-refractivity contribution in [1.29, 1.82) is 0 Å². The maximum Gasteiger partial charge on any atom is 0.274 e. The zero-order valence-electron chi connectivity index (χ0n) is 13.8. The van der Waals surface area contributed by atoms with Crippen molar-refractivity contribution >= 4 is 23.0 Å². The van der Waals surface area contributed by atoms with Crippen LogP contribution in [0.1, 0.15) is 23.0 Å². The molecule has 0 saturated heterocycles. The smallest absolute Gasteiger partial charge is 0.274 e. The molecule has 2 N–H and O–H groups in total. The SMILES string of the molecule is CCc1ccccc1NC(=O)c1cc(Nc2ccccc2F)ccn1. The molecule has 1 amide bonds. The Balaban J connectivity index is 1.79. The van der Waals surface area contributed by atoms with Gasteiger partial charge in [0.2, 0.25) is 0 Å². The molecule has 126 valence electrons. The molecule has 5 heteroatoms. The summed E-state index contributed by atoms with van der Waals surface area (Å²) < 4.78 is 13.7. The molecule has 0 aliphatic rings. The summed E-state index contributed by atoms with van der Waals surface area (Å²) >= 11 is 0. The van der Waals surface area contributed by atoms with Gasteiger partial charge < -0.3 is 10.6 Å². The van der Waals surface area contributed by atoms with Crippen LogP contribution >= 0.6 is 0 Å². The maximum absolute atomic E-state index is 13.7. The molecule has 0 atom stereocenters. The molecule has 0 aliphatic carbocycles. The molecule has 25 heavy (non-hydrogen) atoms. The van der Waals surface area contributed by atoms with Crippen molar-refractivity contribution in [2.75, 3.05) is 10.6 Å². The molecule has 0 saturated carbocycles. The van der Waals surface area contributed by atoms with Gasteiger partial charge >= 0.3 is 0 Å². The Bertz CT molecular complexity index is 895. The first-order chi connectivity index (χ1) is 12.2. The van der Waals surface area contributed by atoms with Crippen molar-refractivity contribution in [3.8, 4) is 0 Å². The van der Waals surface area contributed by atoms with Crippen molar-refractivity contribution in [3.05, 3.63) is 83.9 Å². The largest absolute Gasteiger partial charge is 0.353 e. The van der Waals surface area contributed by atoms with Gasteiger partial charge in [-0.05, 0) is 42.3 Å². The minimum atomic E-state index is -0.359. The van der Waals surface area contributed by atoms with Gasteiger partial charge in [0.15, 0.2) is 0 Å². The average molecular weight is 335 g/mol. The van der Waals surface area contributed by atoms with Gasteiger partial charge in [0.1, 0.15) is 11.5 Å². The number of para-hydroxylation sites is 2. The number of hydrogen-bond donors (Lipinski definition) is 2. The van der Waals surface area contributed by atoms with Crippen LogP contribution in [0, 0.1) is 5.82 Å². The lowest BCUT2D eigenvalue weighted by Gasteiger charge is -2.11. The third-order valence-corrected chi connectivity index (χ3v) is 3.79. The number of aromatic nitrogens is 1. The molecule has 3 aromatic rings. The lowest BCUT2D eigenvalue weighted by Crippen LogP contribution is -2.15. The van der Waals surface area contributed by atoms with Gasteiger partial charge in [0.05, 0.1) is 5.69 Å². The van der Waals surface area contributed by atoms with Gasteiger partial charge in [-0.1, -0.05) is 37.3 Å². The van der Waals surface area contributed by atoms with E-state index < -0.39 is 0 Å². The molecule has 0 fully saturated rings. The third-order valence-electron chi connectivity index (χ3n) is 3.79. The number of nitrogens with one attached hydrogen (secondary N) is 2. The van der Waals surface area contributed by atoms with E-state index in [2.05, 4.69) is 15.6 Å². The van der Waals surface area contributed by atoms with Crippen LogP contribution in [0.3, 0.4) is 0 Å². The van der Waals surface area contributed by atoms with E-state index in [-0.39, 0.29) is 17.4 Å². The zero-order chi connectivity index (χ0) is 17.6. The van der Waals surface area contributed by atoms with Crippen LogP contribution in [0.15, 0.2) is 66.9 Å². The molecule has 3 rings (SSSR count). The van der Waals surface area contributed by atoms with E-state index in [9.17, 15) is 9.18 Å². The Morgan fingerprint density at radius 2 is 1.76 bits per heavy atom. The highest BCUT2D eigenvalue weighted by Crippen LogP contribution is 2.21. The number of nitrogens with zero attached hydrogens (tertiary/aromatic N) is 1. The molecule has 0 radical (unpaired) electrons. The molecule has 0 bridgehead atoms. The highest BCUT2D eigenvalue weighted by molar-refractivity contribution is 6.03. The van der Waals surface area contributed by atoms with Crippen LogP contribution < -0.4 is 10.6 Å². The minimum absolute atomic E-state index is 0.257. The predicted molar refractivity (Wildman–Crippen MR) is 97.7 cm³/mol. The van der Waals surface area contributed by atoms with Crippen LogP contribution in [0.4, 0.5) is 21.5 Å². The van der Waals surface area contributed by atoms with Gasteiger partial charge in [-0.15, -0.1) is 0 Å². The fraction of sp³-hybridized carbons (Fsp3) is 0.100. The number of halogens is 1. The zero-order valence-corrected chi connectivity index (χ0v) is 13.8. The number of pyridine rings is 1.